The Kier molecular flexibility index (Phi) is 5.02. The molecule has 0 saturated heterocycles. The second-order valence-electron chi connectivity index (χ2n) is 5.21. The van der Waals surface area contributed by atoms with E-state index in [2.05, 4.69) is 20.5 Å². The summed E-state index contributed by atoms with van der Waals surface area (Å²) in [5.74, 6) is 0. The average molecular weight is 329 g/mol. The van der Waals surface area contributed by atoms with Gasteiger partial charge in [0.15, 0.2) is 0 Å². The number of aromatic amines is 1. The van der Waals surface area contributed by atoms with Crippen LogP contribution >= 0.6 is 11.6 Å². The zero-order valence-electron chi connectivity index (χ0n) is 12.4. The number of hydrogen-bond acceptors (Lipinski definition) is 4. The van der Waals surface area contributed by atoms with Crippen molar-refractivity contribution in [1.29, 1.82) is 0 Å². The van der Waals surface area contributed by atoms with Crippen molar-refractivity contribution in [2.75, 3.05) is 6.54 Å². The van der Waals surface area contributed by atoms with Crippen LogP contribution in [0.25, 0.3) is 11.3 Å². The molecule has 0 aliphatic rings. The molecule has 2 heterocycles. The van der Waals surface area contributed by atoms with E-state index in [1.807, 2.05) is 24.3 Å². The lowest BCUT2D eigenvalue weighted by molar-refractivity contribution is 0.174. The maximum atomic E-state index is 10.2. The van der Waals surface area contributed by atoms with Gasteiger partial charge in [-0.1, -0.05) is 23.7 Å². The molecule has 3 aromatic rings. The van der Waals surface area contributed by atoms with Gasteiger partial charge in [0.25, 0.3) is 0 Å². The average Bonchev–Trinajstić information content (AvgIpc) is 3.04. The van der Waals surface area contributed by atoms with Gasteiger partial charge in [0, 0.05) is 41.6 Å². The summed E-state index contributed by atoms with van der Waals surface area (Å²) >= 11 is 5.94. The fourth-order valence-electron chi connectivity index (χ4n) is 2.38. The number of nitrogens with one attached hydrogen (secondary N) is 2. The molecule has 5 nitrogen and oxygen atoms in total. The molecule has 23 heavy (non-hydrogen) atoms. The summed E-state index contributed by atoms with van der Waals surface area (Å²) in [6, 6.07) is 11.1. The first-order valence-electron chi connectivity index (χ1n) is 7.31. The maximum absolute atomic E-state index is 10.2. The highest BCUT2D eigenvalue weighted by Crippen LogP contribution is 2.20. The van der Waals surface area contributed by atoms with Crippen LogP contribution in [0.5, 0.6) is 0 Å². The SMILES string of the molecule is OC(CNCc1cn[nH]c1-c1cccnc1)c1cccc(Cl)c1. The van der Waals surface area contributed by atoms with Crippen LogP contribution in [0.15, 0.2) is 55.0 Å². The highest BCUT2D eigenvalue weighted by molar-refractivity contribution is 6.30. The molecule has 1 atom stereocenters. The van der Waals surface area contributed by atoms with E-state index in [-0.39, 0.29) is 0 Å². The molecule has 0 aliphatic heterocycles. The van der Waals surface area contributed by atoms with E-state index in [0.717, 1.165) is 22.4 Å². The van der Waals surface area contributed by atoms with Crippen LogP contribution in [0, 0.1) is 0 Å². The monoisotopic (exact) mass is 328 g/mol. The molecular formula is C17H17ClN4O. The molecule has 0 radical (unpaired) electrons. The van der Waals surface area contributed by atoms with Crippen LogP contribution < -0.4 is 5.32 Å². The minimum absolute atomic E-state index is 0.429. The number of halogens is 1. The molecule has 1 aromatic carbocycles. The topological polar surface area (TPSA) is 73.8 Å². The Labute approximate surface area is 139 Å². The molecule has 2 aromatic heterocycles. The Morgan fingerprint density at radius 3 is 2.91 bits per heavy atom. The van der Waals surface area contributed by atoms with Gasteiger partial charge in [-0.2, -0.15) is 5.10 Å². The summed E-state index contributed by atoms with van der Waals surface area (Å²) in [6.07, 6.45) is 4.69. The number of pyridine rings is 1. The Balaban J connectivity index is 1.61. The summed E-state index contributed by atoms with van der Waals surface area (Å²) in [5.41, 5.74) is 3.74. The van der Waals surface area contributed by atoms with E-state index < -0.39 is 6.10 Å². The van der Waals surface area contributed by atoms with Crippen LogP contribution in [0.1, 0.15) is 17.2 Å². The Morgan fingerprint density at radius 1 is 1.22 bits per heavy atom. The first-order chi connectivity index (χ1) is 11.2. The summed E-state index contributed by atoms with van der Waals surface area (Å²) in [5, 5.41) is 21.2. The Morgan fingerprint density at radius 2 is 2.13 bits per heavy atom. The molecule has 0 fully saturated rings. The first-order valence-corrected chi connectivity index (χ1v) is 7.68. The van der Waals surface area contributed by atoms with Gasteiger partial charge < -0.3 is 10.4 Å². The minimum atomic E-state index is -0.609. The highest BCUT2D eigenvalue weighted by atomic mass is 35.5. The van der Waals surface area contributed by atoms with Crippen molar-refractivity contribution in [1.82, 2.24) is 20.5 Å². The van der Waals surface area contributed by atoms with Crippen LogP contribution in [0.4, 0.5) is 0 Å². The lowest BCUT2D eigenvalue weighted by Crippen LogP contribution is -2.21. The lowest BCUT2D eigenvalue weighted by atomic mass is 10.1. The summed E-state index contributed by atoms with van der Waals surface area (Å²) in [4.78, 5) is 4.12. The zero-order chi connectivity index (χ0) is 16.1. The second kappa shape index (κ2) is 7.37. The number of nitrogens with zero attached hydrogens (tertiary/aromatic N) is 2. The fraction of sp³-hybridized carbons (Fsp3) is 0.176. The zero-order valence-corrected chi connectivity index (χ0v) is 13.2. The molecule has 1 unspecified atom stereocenters. The summed E-state index contributed by atoms with van der Waals surface area (Å²) < 4.78 is 0. The van der Waals surface area contributed by atoms with E-state index in [9.17, 15) is 5.11 Å². The summed E-state index contributed by atoms with van der Waals surface area (Å²) in [6.45, 7) is 1.02. The number of aromatic nitrogens is 3. The molecule has 0 aliphatic carbocycles. The minimum Gasteiger partial charge on any atom is -0.387 e. The van der Waals surface area contributed by atoms with Crippen LogP contribution in [0.2, 0.25) is 5.02 Å². The lowest BCUT2D eigenvalue weighted by Gasteiger charge is -2.12. The van der Waals surface area contributed by atoms with Crippen molar-refractivity contribution >= 4 is 11.6 Å². The van der Waals surface area contributed by atoms with E-state index in [0.29, 0.717) is 18.1 Å². The van der Waals surface area contributed by atoms with Gasteiger partial charge in [-0.3, -0.25) is 10.1 Å². The third-order valence-corrected chi connectivity index (χ3v) is 3.79. The van der Waals surface area contributed by atoms with Gasteiger partial charge in [0.2, 0.25) is 0 Å². The van der Waals surface area contributed by atoms with Crippen molar-refractivity contribution in [3.05, 3.63) is 71.1 Å². The molecule has 3 N–H and O–H groups in total. The van der Waals surface area contributed by atoms with E-state index in [4.69, 9.17) is 11.6 Å². The van der Waals surface area contributed by atoms with Gasteiger partial charge >= 0.3 is 0 Å². The third kappa shape index (κ3) is 3.96. The van der Waals surface area contributed by atoms with Crippen LogP contribution in [-0.2, 0) is 6.54 Å². The van der Waals surface area contributed by atoms with E-state index in [1.54, 1.807) is 30.7 Å². The predicted molar refractivity (Wildman–Crippen MR) is 89.9 cm³/mol. The third-order valence-electron chi connectivity index (χ3n) is 3.55. The van der Waals surface area contributed by atoms with Crippen molar-refractivity contribution in [3.8, 4) is 11.3 Å². The van der Waals surface area contributed by atoms with Crippen LogP contribution in [-0.4, -0.2) is 26.8 Å². The van der Waals surface area contributed by atoms with Gasteiger partial charge in [-0.15, -0.1) is 0 Å². The summed E-state index contributed by atoms with van der Waals surface area (Å²) in [7, 11) is 0. The standard InChI is InChI=1S/C17H17ClN4O/c18-15-5-1-3-12(7-15)16(23)11-20-9-14-10-21-22-17(14)13-4-2-6-19-8-13/h1-8,10,16,20,23H,9,11H2,(H,21,22). The van der Waals surface area contributed by atoms with Crippen molar-refractivity contribution in [3.63, 3.8) is 0 Å². The fourth-order valence-corrected chi connectivity index (χ4v) is 2.58. The number of H-pyrrole nitrogens is 1. The van der Waals surface area contributed by atoms with Gasteiger partial charge in [-0.25, -0.2) is 0 Å². The van der Waals surface area contributed by atoms with Crippen molar-refractivity contribution in [2.24, 2.45) is 0 Å². The Bertz CT molecular complexity index is 760. The second-order valence-corrected chi connectivity index (χ2v) is 5.65. The van der Waals surface area contributed by atoms with Gasteiger partial charge in [0.1, 0.15) is 0 Å². The highest BCUT2D eigenvalue weighted by Gasteiger charge is 2.10. The molecule has 0 bridgehead atoms. The van der Waals surface area contributed by atoms with E-state index >= 15 is 0 Å². The van der Waals surface area contributed by atoms with Gasteiger partial charge in [0.05, 0.1) is 18.0 Å². The van der Waals surface area contributed by atoms with E-state index in [1.165, 1.54) is 0 Å². The molecule has 0 amide bonds. The number of rotatable bonds is 6. The Hall–Kier alpha value is -2.21. The van der Waals surface area contributed by atoms with Crippen molar-refractivity contribution in [2.45, 2.75) is 12.6 Å². The number of aliphatic hydroxyl groups is 1. The number of aliphatic hydroxyl groups excluding tert-OH is 1. The molecular weight excluding hydrogens is 312 g/mol. The largest absolute Gasteiger partial charge is 0.387 e. The quantitative estimate of drug-likeness (QED) is 0.650. The smallest absolute Gasteiger partial charge is 0.0915 e. The molecule has 0 saturated carbocycles. The van der Waals surface area contributed by atoms with Gasteiger partial charge in [-0.05, 0) is 29.8 Å². The molecule has 118 valence electrons. The molecule has 0 spiro atoms. The first kappa shape index (κ1) is 15.7. The molecule has 3 rings (SSSR count). The molecule has 6 heteroatoms. The number of hydrogen-bond donors (Lipinski definition) is 3. The maximum Gasteiger partial charge on any atom is 0.0915 e. The number of benzene rings is 1. The normalized spacial score (nSPS) is 12.3. The van der Waals surface area contributed by atoms with Crippen LogP contribution in [0.3, 0.4) is 0 Å². The van der Waals surface area contributed by atoms with Crippen molar-refractivity contribution < 1.29 is 5.11 Å². The predicted octanol–water partition coefficient (Wildman–Crippen LogP) is 2.95.